The number of benzene rings is 4. The molecule has 5 rings (SSSR count). The van der Waals surface area contributed by atoms with Gasteiger partial charge in [-0.3, -0.25) is 28.8 Å². The van der Waals surface area contributed by atoms with Crippen molar-refractivity contribution < 1.29 is 38.7 Å². The van der Waals surface area contributed by atoms with E-state index in [1.807, 2.05) is 91.2 Å². The molecule has 1 heterocycles. The maximum Gasteiger partial charge on any atom is 0.328 e. The number of rotatable bonds is 21. The molecule has 0 saturated carbocycles. The highest BCUT2D eigenvalue weighted by Crippen LogP contribution is 2.20. The highest BCUT2D eigenvalue weighted by molar-refractivity contribution is 7.09. The van der Waals surface area contributed by atoms with E-state index < -0.39 is 65.7 Å². The summed E-state index contributed by atoms with van der Waals surface area (Å²) in [5.41, 5.74) is 3.33. The number of aryl methyl sites for hydroxylation is 1. The second-order valence-corrected chi connectivity index (χ2v) is 16.6. The van der Waals surface area contributed by atoms with Gasteiger partial charge in [0.2, 0.25) is 35.4 Å². The Hall–Kier alpha value is -7.13. The number of nitrogens with one attached hydrogen (secondary N) is 6. The highest BCUT2D eigenvalue weighted by Gasteiger charge is 2.32. The fourth-order valence-electron chi connectivity index (χ4n) is 6.44. The molecular weight excluding hydrogens is 821 g/mol. The predicted octanol–water partition coefficient (Wildman–Crippen LogP) is 4.72. The summed E-state index contributed by atoms with van der Waals surface area (Å²) in [7, 11) is 0. The zero-order chi connectivity index (χ0) is 45.4. The third kappa shape index (κ3) is 15.1. The molecule has 328 valence electrons. The smallest absolute Gasteiger partial charge is 0.328 e. The number of aliphatic carboxylic acids is 1. The maximum atomic E-state index is 14.4. The van der Waals surface area contributed by atoms with Crippen LogP contribution in [0, 0.1) is 6.92 Å². The van der Waals surface area contributed by atoms with E-state index in [0.717, 1.165) is 21.6 Å². The second kappa shape index (κ2) is 22.6. The number of thiophene rings is 1. The van der Waals surface area contributed by atoms with Crippen LogP contribution in [0.15, 0.2) is 127 Å². The Labute approximate surface area is 370 Å². The second-order valence-electron chi connectivity index (χ2n) is 15.6. The van der Waals surface area contributed by atoms with Crippen molar-refractivity contribution >= 4 is 58.4 Å². The summed E-state index contributed by atoms with van der Waals surface area (Å²) in [5, 5.41) is 27.3. The van der Waals surface area contributed by atoms with E-state index in [1.54, 1.807) is 42.5 Å². The van der Waals surface area contributed by atoms with Gasteiger partial charge in [0.25, 0.3) is 0 Å². The van der Waals surface area contributed by atoms with Crippen LogP contribution in [0.4, 0.5) is 5.69 Å². The minimum Gasteiger partial charge on any atom is -0.480 e. The maximum absolute atomic E-state index is 14.4. The number of amides is 6. The lowest BCUT2D eigenvalue weighted by atomic mass is 9.99. The summed E-state index contributed by atoms with van der Waals surface area (Å²) in [5.74, 6) is -5.03. The standard InChI is InChI=1S/C48H52N6O8S/c1-31-16-22-36(23-17-31)50-41(55)24-25-42(56)51-40(29-37-15-10-26-63-37)46(60)53-39(28-33-18-20-35(21-19-33)34-13-8-5-9-14-34)45(59)52-38(27-32-11-6-4-7-12-32)44(58)49-30-43(57)54-48(2,3)47(61)62/h4-23,26,38-40H,24-25,27-30H2,1-3H3,(H,49,58)(H,50,55)(H,51,56)(H,52,59)(H,53,60)(H,54,57)(H,61,62)/t38-,39+,40-/m1/s1. The average molecular weight is 873 g/mol. The Bertz CT molecular complexity index is 2340. The van der Waals surface area contributed by atoms with Crippen molar-refractivity contribution in [2.24, 2.45) is 0 Å². The molecular formula is C48H52N6O8S. The van der Waals surface area contributed by atoms with Gasteiger partial charge in [-0.15, -0.1) is 11.3 Å². The largest absolute Gasteiger partial charge is 0.480 e. The molecule has 0 aliphatic carbocycles. The van der Waals surface area contributed by atoms with Crippen LogP contribution in [0.3, 0.4) is 0 Å². The molecule has 6 amide bonds. The van der Waals surface area contributed by atoms with Gasteiger partial charge in [-0.2, -0.15) is 0 Å². The monoisotopic (exact) mass is 872 g/mol. The molecule has 1 aromatic heterocycles. The number of carbonyl (C=O) groups excluding carboxylic acids is 6. The van der Waals surface area contributed by atoms with Gasteiger partial charge in [-0.05, 0) is 66.6 Å². The zero-order valence-electron chi connectivity index (χ0n) is 35.3. The molecule has 0 radical (unpaired) electrons. The lowest BCUT2D eigenvalue weighted by molar-refractivity contribution is -0.146. The molecule has 7 N–H and O–H groups in total. The molecule has 4 aromatic carbocycles. The summed E-state index contributed by atoms with van der Waals surface area (Å²) in [6.45, 7) is 3.97. The Kier molecular flexibility index (Phi) is 16.9. The summed E-state index contributed by atoms with van der Waals surface area (Å²) in [4.78, 5) is 93.4. The van der Waals surface area contributed by atoms with Crippen LogP contribution in [-0.4, -0.2) is 76.7 Å². The van der Waals surface area contributed by atoms with Crippen LogP contribution in [0.1, 0.15) is 48.3 Å². The number of carboxylic acids is 1. The number of hydrogen-bond acceptors (Lipinski definition) is 8. The van der Waals surface area contributed by atoms with E-state index in [2.05, 4.69) is 31.9 Å². The SMILES string of the molecule is Cc1ccc(NC(=O)CCC(=O)N[C@H](Cc2cccs2)C(=O)N[C@@H](Cc2ccc(-c3ccccc3)cc2)C(=O)N[C@H](Cc2ccccc2)C(=O)NCC(=O)NC(C)(C)C(=O)O)cc1. The molecule has 0 aliphatic heterocycles. The average Bonchev–Trinajstić information content (AvgIpc) is 3.79. The highest BCUT2D eigenvalue weighted by atomic mass is 32.1. The number of carboxylic acid groups (broad SMARTS) is 1. The van der Waals surface area contributed by atoms with Gasteiger partial charge in [-0.25, -0.2) is 4.79 Å². The lowest BCUT2D eigenvalue weighted by Gasteiger charge is -2.26. The van der Waals surface area contributed by atoms with Crippen molar-refractivity contribution in [3.63, 3.8) is 0 Å². The minimum atomic E-state index is -1.60. The number of carbonyl (C=O) groups is 7. The Morgan fingerprint density at radius 3 is 1.70 bits per heavy atom. The third-order valence-electron chi connectivity index (χ3n) is 10.0. The fraction of sp³-hybridized carbons (Fsp3) is 0.271. The van der Waals surface area contributed by atoms with Gasteiger partial charge in [0.1, 0.15) is 23.7 Å². The van der Waals surface area contributed by atoms with Gasteiger partial charge in [-0.1, -0.05) is 109 Å². The summed E-state index contributed by atoms with van der Waals surface area (Å²) >= 11 is 1.39. The molecule has 0 bridgehead atoms. The number of anilines is 1. The van der Waals surface area contributed by atoms with Gasteiger partial charge >= 0.3 is 5.97 Å². The first kappa shape index (κ1) is 46.9. The van der Waals surface area contributed by atoms with Crippen molar-refractivity contribution in [1.82, 2.24) is 26.6 Å². The van der Waals surface area contributed by atoms with Crippen LogP contribution in [0.2, 0.25) is 0 Å². The van der Waals surface area contributed by atoms with Crippen molar-refractivity contribution in [3.05, 3.63) is 148 Å². The molecule has 0 spiro atoms. The van der Waals surface area contributed by atoms with Gasteiger partial charge in [0, 0.05) is 42.7 Å². The van der Waals surface area contributed by atoms with Gasteiger partial charge in [0.05, 0.1) is 6.54 Å². The Morgan fingerprint density at radius 1 is 0.571 bits per heavy atom. The van der Waals surface area contributed by atoms with E-state index in [0.29, 0.717) is 16.8 Å². The van der Waals surface area contributed by atoms with Crippen LogP contribution in [-0.2, 0) is 52.8 Å². The summed E-state index contributed by atoms with van der Waals surface area (Å²) in [6.07, 6.45) is -0.225. The van der Waals surface area contributed by atoms with E-state index in [1.165, 1.54) is 25.2 Å². The molecule has 0 aliphatic rings. The topological polar surface area (TPSA) is 212 Å². The summed E-state index contributed by atoms with van der Waals surface area (Å²) in [6, 6.07) is 33.3. The molecule has 5 aromatic rings. The van der Waals surface area contributed by atoms with Crippen LogP contribution >= 0.6 is 11.3 Å². The molecule has 0 saturated heterocycles. The Morgan fingerprint density at radius 2 is 1.11 bits per heavy atom. The first-order valence-electron chi connectivity index (χ1n) is 20.4. The van der Waals surface area contributed by atoms with Crippen LogP contribution in [0.25, 0.3) is 11.1 Å². The number of hydrogen-bond donors (Lipinski definition) is 7. The first-order chi connectivity index (χ1) is 30.1. The van der Waals surface area contributed by atoms with Crippen molar-refractivity contribution in [3.8, 4) is 11.1 Å². The van der Waals surface area contributed by atoms with Crippen LogP contribution < -0.4 is 31.9 Å². The van der Waals surface area contributed by atoms with Crippen molar-refractivity contribution in [2.45, 2.75) is 76.5 Å². The first-order valence-corrected chi connectivity index (χ1v) is 21.3. The molecule has 63 heavy (non-hydrogen) atoms. The molecule has 0 unspecified atom stereocenters. The van der Waals surface area contributed by atoms with E-state index in [-0.39, 0.29) is 38.0 Å². The van der Waals surface area contributed by atoms with E-state index in [9.17, 15) is 38.7 Å². The van der Waals surface area contributed by atoms with E-state index >= 15 is 0 Å². The van der Waals surface area contributed by atoms with Gasteiger partial charge in [0.15, 0.2) is 0 Å². The third-order valence-corrected chi connectivity index (χ3v) is 10.9. The van der Waals surface area contributed by atoms with Gasteiger partial charge < -0.3 is 37.0 Å². The summed E-state index contributed by atoms with van der Waals surface area (Å²) < 4.78 is 0. The molecule has 15 heteroatoms. The quantitative estimate of drug-likeness (QED) is 0.0547. The van der Waals surface area contributed by atoms with Crippen molar-refractivity contribution in [2.75, 3.05) is 11.9 Å². The Balaban J connectivity index is 1.36. The normalized spacial score (nSPS) is 12.4. The molecule has 0 fully saturated rings. The zero-order valence-corrected chi connectivity index (χ0v) is 36.1. The van der Waals surface area contributed by atoms with Crippen molar-refractivity contribution in [1.29, 1.82) is 0 Å². The minimum absolute atomic E-state index is 0.00214. The fourth-order valence-corrected chi connectivity index (χ4v) is 7.19. The molecule has 3 atom stereocenters. The predicted molar refractivity (Wildman–Crippen MR) is 241 cm³/mol. The molecule has 14 nitrogen and oxygen atoms in total. The lowest BCUT2D eigenvalue weighted by Crippen LogP contribution is -2.58. The van der Waals surface area contributed by atoms with Crippen LogP contribution in [0.5, 0.6) is 0 Å². The van der Waals surface area contributed by atoms with E-state index in [4.69, 9.17) is 0 Å².